The molecule has 1 aliphatic carbocycles. The summed E-state index contributed by atoms with van der Waals surface area (Å²) in [7, 11) is 1.37. The van der Waals surface area contributed by atoms with Crippen LogP contribution in [0, 0.1) is 0 Å². The van der Waals surface area contributed by atoms with Crippen LogP contribution in [0.15, 0.2) is 54.6 Å². The Balaban J connectivity index is 1.33. The van der Waals surface area contributed by atoms with Gasteiger partial charge >= 0.3 is 5.97 Å². The lowest BCUT2D eigenvalue weighted by Gasteiger charge is -2.24. The maximum Gasteiger partial charge on any atom is 0.341 e. The number of hydrogen-bond donors (Lipinski definition) is 1. The Kier molecular flexibility index (Phi) is 6.92. The van der Waals surface area contributed by atoms with Crippen molar-refractivity contribution in [3.8, 4) is 0 Å². The minimum absolute atomic E-state index is 0.0882. The maximum absolute atomic E-state index is 13.1. The standard InChI is InChI=1S/C27H26N2O4S2/c1-33-27(32)23-20-9-5-6-10-21(20)35-25(23)28-24(31)18-11-13-19(14-12-18)26-29(22(30)16-34-26)15-17-7-3-2-4-8-17/h2-4,7-8,11-14,26H,5-6,9-10,15-16H2,1H3,(H,28,31)/t26-/m1/s1. The van der Waals surface area contributed by atoms with Crippen LogP contribution in [0.1, 0.15) is 60.5 Å². The van der Waals surface area contributed by atoms with Crippen LogP contribution in [0.2, 0.25) is 0 Å². The zero-order chi connectivity index (χ0) is 24.4. The van der Waals surface area contributed by atoms with Crippen molar-refractivity contribution in [1.82, 2.24) is 4.90 Å². The average Bonchev–Trinajstić information content (AvgIpc) is 3.44. The first-order valence-electron chi connectivity index (χ1n) is 11.6. The highest BCUT2D eigenvalue weighted by Gasteiger charge is 2.33. The van der Waals surface area contributed by atoms with Crippen molar-refractivity contribution >= 4 is 45.9 Å². The van der Waals surface area contributed by atoms with E-state index in [1.54, 1.807) is 23.9 Å². The number of amides is 2. The number of esters is 1. The molecule has 6 nitrogen and oxygen atoms in total. The van der Waals surface area contributed by atoms with Crippen molar-refractivity contribution in [3.63, 3.8) is 0 Å². The second kappa shape index (κ2) is 10.3. The number of hydrogen-bond acceptors (Lipinski definition) is 6. The third-order valence-corrected chi connectivity index (χ3v) is 8.87. The molecule has 2 amide bonds. The number of carbonyl (C=O) groups is 3. The summed E-state index contributed by atoms with van der Waals surface area (Å²) < 4.78 is 5.00. The Bertz CT molecular complexity index is 1250. The zero-order valence-electron chi connectivity index (χ0n) is 19.4. The van der Waals surface area contributed by atoms with Gasteiger partial charge in [-0.05, 0) is 54.5 Å². The molecule has 1 atom stereocenters. The topological polar surface area (TPSA) is 75.7 Å². The summed E-state index contributed by atoms with van der Waals surface area (Å²) in [6.45, 7) is 0.554. The molecule has 8 heteroatoms. The van der Waals surface area contributed by atoms with Crippen LogP contribution < -0.4 is 5.32 Å². The molecule has 1 fully saturated rings. The molecule has 2 aromatic carbocycles. The van der Waals surface area contributed by atoms with E-state index in [0.29, 0.717) is 28.4 Å². The quantitative estimate of drug-likeness (QED) is 0.451. The van der Waals surface area contributed by atoms with Crippen molar-refractivity contribution in [3.05, 3.63) is 87.3 Å². The molecule has 1 aliphatic heterocycles. The lowest BCUT2D eigenvalue weighted by atomic mass is 9.95. The molecule has 0 spiro atoms. The van der Waals surface area contributed by atoms with Gasteiger partial charge in [-0.3, -0.25) is 9.59 Å². The molecule has 180 valence electrons. The molecule has 2 heterocycles. The van der Waals surface area contributed by atoms with Gasteiger partial charge in [-0.1, -0.05) is 42.5 Å². The smallest absolute Gasteiger partial charge is 0.341 e. The summed E-state index contributed by atoms with van der Waals surface area (Å²) in [4.78, 5) is 41.1. The molecule has 1 aromatic heterocycles. The summed E-state index contributed by atoms with van der Waals surface area (Å²) in [5, 5.41) is 3.42. The number of fused-ring (bicyclic) bond motifs is 1. The molecule has 0 radical (unpaired) electrons. The van der Waals surface area contributed by atoms with Crippen molar-refractivity contribution in [1.29, 1.82) is 0 Å². The van der Waals surface area contributed by atoms with Gasteiger partial charge in [-0.25, -0.2) is 4.79 Å². The number of carbonyl (C=O) groups excluding carboxylic acids is 3. The first-order valence-corrected chi connectivity index (χ1v) is 13.5. The lowest BCUT2D eigenvalue weighted by molar-refractivity contribution is -0.128. The summed E-state index contributed by atoms with van der Waals surface area (Å²) in [6, 6.07) is 17.3. The van der Waals surface area contributed by atoms with Crippen LogP contribution in [0.3, 0.4) is 0 Å². The van der Waals surface area contributed by atoms with Gasteiger partial charge in [0, 0.05) is 17.0 Å². The Morgan fingerprint density at radius 3 is 2.54 bits per heavy atom. The van der Waals surface area contributed by atoms with Gasteiger partial charge in [0.15, 0.2) is 0 Å². The van der Waals surface area contributed by atoms with Gasteiger partial charge in [0.05, 0.1) is 18.4 Å². The highest BCUT2D eigenvalue weighted by Crippen LogP contribution is 2.40. The molecular formula is C27H26N2O4S2. The second-order valence-electron chi connectivity index (χ2n) is 8.65. The Labute approximate surface area is 212 Å². The number of aryl methyl sites for hydroxylation is 1. The van der Waals surface area contributed by atoms with E-state index in [-0.39, 0.29) is 17.2 Å². The molecule has 0 bridgehead atoms. The van der Waals surface area contributed by atoms with Gasteiger partial charge in [0.2, 0.25) is 5.91 Å². The lowest BCUT2D eigenvalue weighted by Crippen LogP contribution is -2.27. The molecule has 2 aliphatic rings. The maximum atomic E-state index is 13.1. The van der Waals surface area contributed by atoms with Crippen LogP contribution in [0.25, 0.3) is 0 Å². The SMILES string of the molecule is COC(=O)c1c(NC(=O)c2ccc([C@H]3SCC(=O)N3Cc3ccccc3)cc2)sc2c1CCCC2. The summed E-state index contributed by atoms with van der Waals surface area (Å²) in [5.74, 6) is -0.116. The minimum Gasteiger partial charge on any atom is -0.465 e. The van der Waals surface area contributed by atoms with E-state index in [4.69, 9.17) is 4.74 Å². The fourth-order valence-electron chi connectivity index (χ4n) is 4.63. The van der Waals surface area contributed by atoms with E-state index in [2.05, 4.69) is 5.32 Å². The predicted octanol–water partition coefficient (Wildman–Crippen LogP) is 5.44. The van der Waals surface area contributed by atoms with E-state index in [1.165, 1.54) is 18.4 Å². The molecular weight excluding hydrogens is 480 g/mol. The number of methoxy groups -OCH3 is 1. The largest absolute Gasteiger partial charge is 0.465 e. The fraction of sp³-hybridized carbons (Fsp3) is 0.296. The molecule has 3 aromatic rings. The highest BCUT2D eigenvalue weighted by molar-refractivity contribution is 8.00. The van der Waals surface area contributed by atoms with E-state index in [9.17, 15) is 14.4 Å². The predicted molar refractivity (Wildman–Crippen MR) is 139 cm³/mol. The molecule has 5 rings (SSSR count). The zero-order valence-corrected chi connectivity index (χ0v) is 21.0. The second-order valence-corrected chi connectivity index (χ2v) is 10.8. The van der Waals surface area contributed by atoms with Gasteiger partial charge in [-0.15, -0.1) is 23.1 Å². The molecule has 0 saturated carbocycles. The monoisotopic (exact) mass is 506 g/mol. The van der Waals surface area contributed by atoms with Crippen LogP contribution in [-0.2, 0) is 28.9 Å². The average molecular weight is 507 g/mol. The van der Waals surface area contributed by atoms with E-state index >= 15 is 0 Å². The third kappa shape index (κ3) is 4.86. The van der Waals surface area contributed by atoms with E-state index in [0.717, 1.165) is 47.3 Å². The van der Waals surface area contributed by atoms with Crippen LogP contribution >= 0.6 is 23.1 Å². The minimum atomic E-state index is -0.406. The Morgan fingerprint density at radius 1 is 1.06 bits per heavy atom. The number of benzene rings is 2. The summed E-state index contributed by atoms with van der Waals surface area (Å²) >= 11 is 3.07. The number of nitrogens with one attached hydrogen (secondary N) is 1. The number of thioether (sulfide) groups is 1. The van der Waals surface area contributed by atoms with Crippen LogP contribution in [0.4, 0.5) is 5.00 Å². The Hall–Kier alpha value is -3.10. The van der Waals surface area contributed by atoms with E-state index in [1.807, 2.05) is 47.4 Å². The van der Waals surface area contributed by atoms with Crippen molar-refractivity contribution < 1.29 is 19.1 Å². The first kappa shape index (κ1) is 23.6. The number of ether oxygens (including phenoxy) is 1. The van der Waals surface area contributed by atoms with E-state index < -0.39 is 5.97 Å². The normalized spacial score (nSPS) is 17.2. The Morgan fingerprint density at radius 2 is 1.80 bits per heavy atom. The summed E-state index contributed by atoms with van der Waals surface area (Å²) in [5.41, 5.74) is 4.08. The van der Waals surface area contributed by atoms with Crippen molar-refractivity contribution in [2.75, 3.05) is 18.2 Å². The molecule has 1 N–H and O–H groups in total. The summed E-state index contributed by atoms with van der Waals surface area (Å²) in [6.07, 6.45) is 3.88. The van der Waals surface area contributed by atoms with Crippen molar-refractivity contribution in [2.24, 2.45) is 0 Å². The number of anilines is 1. The van der Waals surface area contributed by atoms with Gasteiger partial charge in [0.1, 0.15) is 10.4 Å². The van der Waals surface area contributed by atoms with Crippen LogP contribution in [0.5, 0.6) is 0 Å². The van der Waals surface area contributed by atoms with Gasteiger partial charge in [0.25, 0.3) is 5.91 Å². The molecule has 35 heavy (non-hydrogen) atoms. The fourth-order valence-corrected chi connectivity index (χ4v) is 7.09. The van der Waals surface area contributed by atoms with Crippen molar-refractivity contribution in [2.45, 2.75) is 37.6 Å². The highest BCUT2D eigenvalue weighted by atomic mass is 32.2. The van der Waals surface area contributed by atoms with Gasteiger partial charge < -0.3 is 15.0 Å². The molecule has 0 unspecified atom stereocenters. The number of rotatable bonds is 6. The van der Waals surface area contributed by atoms with Gasteiger partial charge in [-0.2, -0.15) is 0 Å². The third-order valence-electron chi connectivity index (χ3n) is 6.41. The molecule has 1 saturated heterocycles. The number of nitrogens with zero attached hydrogens (tertiary/aromatic N) is 1. The first-order chi connectivity index (χ1) is 17.0. The number of thiophene rings is 1. The van der Waals surface area contributed by atoms with Crippen LogP contribution in [-0.4, -0.2) is 35.5 Å².